The summed E-state index contributed by atoms with van der Waals surface area (Å²) in [4.78, 5) is 13.0. The van der Waals surface area contributed by atoms with Crippen LogP contribution < -0.4 is 5.32 Å². The fourth-order valence-corrected chi connectivity index (χ4v) is 3.31. The maximum absolute atomic E-state index is 13.0. The van der Waals surface area contributed by atoms with Crippen molar-refractivity contribution in [2.45, 2.75) is 6.92 Å². The van der Waals surface area contributed by atoms with Crippen molar-refractivity contribution in [3.05, 3.63) is 94.9 Å². The van der Waals surface area contributed by atoms with E-state index >= 15 is 0 Å². The number of para-hydroxylation sites is 1. The summed E-state index contributed by atoms with van der Waals surface area (Å²) in [5.74, 6) is 0.472. The van der Waals surface area contributed by atoms with Gasteiger partial charge in [0.05, 0.1) is 17.6 Å². The van der Waals surface area contributed by atoms with E-state index in [1.54, 1.807) is 10.9 Å². The Morgan fingerprint density at radius 1 is 1.04 bits per heavy atom. The van der Waals surface area contributed by atoms with Crippen molar-refractivity contribution in [2.24, 2.45) is 0 Å². The van der Waals surface area contributed by atoms with Gasteiger partial charge in [0, 0.05) is 16.9 Å². The normalized spacial score (nSPS) is 10.7. The zero-order valence-corrected chi connectivity index (χ0v) is 16.2. The van der Waals surface area contributed by atoms with Crippen molar-refractivity contribution in [1.82, 2.24) is 14.3 Å². The molecule has 0 aliphatic carbocycles. The number of carbonyl (C=O) groups excluding carboxylic acids is 1. The van der Waals surface area contributed by atoms with Crippen molar-refractivity contribution in [2.75, 3.05) is 5.32 Å². The van der Waals surface area contributed by atoms with Crippen LogP contribution in [0.2, 0.25) is 0 Å². The Morgan fingerprint density at radius 2 is 1.81 bits per heavy atom. The lowest BCUT2D eigenvalue weighted by Crippen LogP contribution is -2.15. The zero-order chi connectivity index (χ0) is 18.8. The molecule has 27 heavy (non-hydrogen) atoms. The minimum Gasteiger partial charge on any atom is -0.321 e. The van der Waals surface area contributed by atoms with Crippen molar-refractivity contribution in [3.63, 3.8) is 0 Å². The number of nitrogens with one attached hydrogen (secondary N) is 1. The highest BCUT2D eigenvalue weighted by Gasteiger charge is 2.20. The molecule has 0 spiro atoms. The molecule has 5 nitrogen and oxygen atoms in total. The summed E-state index contributed by atoms with van der Waals surface area (Å²) in [5, 5.41) is 7.44. The highest BCUT2D eigenvalue weighted by Crippen LogP contribution is 2.25. The zero-order valence-electron chi connectivity index (χ0n) is 14.6. The fourth-order valence-electron chi connectivity index (χ4n) is 2.93. The molecule has 0 aliphatic rings. The van der Waals surface area contributed by atoms with Crippen molar-refractivity contribution in [3.8, 4) is 11.5 Å². The first-order valence-corrected chi connectivity index (χ1v) is 9.27. The minimum atomic E-state index is -0.218. The van der Waals surface area contributed by atoms with Gasteiger partial charge in [-0.1, -0.05) is 24.3 Å². The lowest BCUT2D eigenvalue weighted by atomic mass is 10.2. The number of hydrogen-bond donors (Lipinski definition) is 1. The summed E-state index contributed by atoms with van der Waals surface area (Å²) in [6, 6.07) is 19.4. The van der Waals surface area contributed by atoms with Crippen LogP contribution >= 0.6 is 15.9 Å². The van der Waals surface area contributed by atoms with E-state index in [2.05, 4.69) is 26.3 Å². The number of hydrogen-bond acceptors (Lipinski definition) is 2. The maximum atomic E-state index is 13.0. The molecule has 0 saturated carbocycles. The number of aryl methyl sites for hydroxylation is 1. The molecule has 0 bridgehead atoms. The first-order chi connectivity index (χ1) is 13.1. The summed E-state index contributed by atoms with van der Waals surface area (Å²) in [5.41, 5.74) is 3.23. The van der Waals surface area contributed by atoms with Crippen molar-refractivity contribution >= 4 is 27.5 Å². The third-order valence-electron chi connectivity index (χ3n) is 4.21. The number of nitrogens with zero attached hydrogens (tertiary/aromatic N) is 3. The van der Waals surface area contributed by atoms with Crippen LogP contribution in [0.5, 0.6) is 0 Å². The Labute approximate surface area is 165 Å². The molecule has 1 N–H and O–H groups in total. The third-order valence-corrected chi connectivity index (χ3v) is 4.90. The van der Waals surface area contributed by atoms with Gasteiger partial charge in [0.25, 0.3) is 5.91 Å². The van der Waals surface area contributed by atoms with Gasteiger partial charge in [0.15, 0.2) is 5.82 Å². The molecular formula is C21H17BrN4O. The Kier molecular flexibility index (Phi) is 4.64. The number of aromatic nitrogens is 3. The first-order valence-electron chi connectivity index (χ1n) is 8.48. The van der Waals surface area contributed by atoms with E-state index in [-0.39, 0.29) is 5.91 Å². The first kappa shape index (κ1) is 17.3. The second-order valence-corrected chi connectivity index (χ2v) is 7.01. The molecule has 0 aliphatic heterocycles. The average Bonchev–Trinajstić information content (AvgIpc) is 3.32. The maximum Gasteiger partial charge on any atom is 0.261 e. The average molecular weight is 421 g/mol. The quantitative estimate of drug-likeness (QED) is 0.505. The molecule has 0 unspecified atom stereocenters. The van der Waals surface area contributed by atoms with Gasteiger partial charge < -0.3 is 9.88 Å². The van der Waals surface area contributed by atoms with E-state index in [0.29, 0.717) is 17.1 Å². The fraction of sp³-hybridized carbons (Fsp3) is 0.0476. The highest BCUT2D eigenvalue weighted by molar-refractivity contribution is 9.10. The highest BCUT2D eigenvalue weighted by atomic mass is 79.9. The lowest BCUT2D eigenvalue weighted by molar-refractivity contribution is 0.102. The number of rotatable bonds is 4. The monoisotopic (exact) mass is 420 g/mol. The molecule has 1 amide bonds. The summed E-state index contributed by atoms with van der Waals surface area (Å²) >= 11 is 3.46. The molecular weight excluding hydrogens is 404 g/mol. The number of carbonyl (C=O) groups is 1. The standard InChI is InChI=1S/C21H17BrN4O/c1-15-7-6-8-16(13-15)26-21(25-11-4-5-12-25)17(14-23-26)20(27)24-19-10-3-2-9-18(19)22/h2-14H,1H3,(H,24,27). The molecule has 0 radical (unpaired) electrons. The second kappa shape index (κ2) is 7.25. The van der Waals surface area contributed by atoms with Crippen LogP contribution in [0.15, 0.2) is 83.7 Å². The number of anilines is 1. The van der Waals surface area contributed by atoms with E-state index in [1.807, 2.05) is 84.5 Å². The van der Waals surface area contributed by atoms with Crippen LogP contribution in [0.25, 0.3) is 11.5 Å². The molecule has 4 rings (SSSR count). The molecule has 4 aromatic rings. The molecule has 134 valence electrons. The summed E-state index contributed by atoms with van der Waals surface area (Å²) in [6.07, 6.45) is 5.40. The van der Waals surface area contributed by atoms with Crippen LogP contribution in [0.1, 0.15) is 15.9 Å². The van der Waals surface area contributed by atoms with Gasteiger partial charge >= 0.3 is 0 Å². The van der Waals surface area contributed by atoms with Crippen molar-refractivity contribution in [1.29, 1.82) is 0 Å². The SMILES string of the molecule is Cc1cccc(-n2ncc(C(=O)Nc3ccccc3Br)c2-n2cccc2)c1. The van der Waals surface area contributed by atoms with Gasteiger partial charge in [0.2, 0.25) is 0 Å². The van der Waals surface area contributed by atoms with Crippen LogP contribution in [0, 0.1) is 6.92 Å². The summed E-state index contributed by atoms with van der Waals surface area (Å²) in [6.45, 7) is 2.03. The van der Waals surface area contributed by atoms with Gasteiger partial charge in [-0.3, -0.25) is 4.79 Å². The Morgan fingerprint density at radius 3 is 2.56 bits per heavy atom. The largest absolute Gasteiger partial charge is 0.321 e. The Hall–Kier alpha value is -3.12. The Bertz CT molecular complexity index is 1100. The Balaban J connectivity index is 1.80. The molecule has 0 atom stereocenters. The van der Waals surface area contributed by atoms with Gasteiger partial charge in [-0.05, 0) is 64.8 Å². The lowest BCUT2D eigenvalue weighted by Gasteiger charge is -2.12. The smallest absolute Gasteiger partial charge is 0.261 e. The van der Waals surface area contributed by atoms with Gasteiger partial charge in [0.1, 0.15) is 5.56 Å². The van der Waals surface area contributed by atoms with E-state index in [9.17, 15) is 4.79 Å². The van der Waals surface area contributed by atoms with E-state index < -0.39 is 0 Å². The van der Waals surface area contributed by atoms with Crippen LogP contribution in [-0.2, 0) is 0 Å². The molecule has 6 heteroatoms. The number of halogens is 1. The van der Waals surface area contributed by atoms with E-state index in [1.165, 1.54) is 0 Å². The van der Waals surface area contributed by atoms with Crippen LogP contribution in [0.4, 0.5) is 5.69 Å². The van der Waals surface area contributed by atoms with Crippen LogP contribution in [-0.4, -0.2) is 20.3 Å². The van der Waals surface area contributed by atoms with E-state index in [0.717, 1.165) is 15.7 Å². The predicted molar refractivity (Wildman–Crippen MR) is 110 cm³/mol. The second-order valence-electron chi connectivity index (χ2n) is 6.16. The van der Waals surface area contributed by atoms with Crippen molar-refractivity contribution < 1.29 is 4.79 Å². The minimum absolute atomic E-state index is 0.218. The molecule has 2 heterocycles. The predicted octanol–water partition coefficient (Wildman–Crippen LogP) is 4.99. The molecule has 2 aromatic carbocycles. The molecule has 0 saturated heterocycles. The van der Waals surface area contributed by atoms with E-state index in [4.69, 9.17) is 0 Å². The molecule has 2 aromatic heterocycles. The summed E-state index contributed by atoms with van der Waals surface area (Å²) in [7, 11) is 0. The van der Waals surface area contributed by atoms with Gasteiger partial charge in [-0.15, -0.1) is 0 Å². The number of amides is 1. The van der Waals surface area contributed by atoms with Gasteiger partial charge in [-0.2, -0.15) is 5.10 Å². The van der Waals surface area contributed by atoms with Gasteiger partial charge in [-0.25, -0.2) is 4.68 Å². The summed E-state index contributed by atoms with van der Waals surface area (Å²) < 4.78 is 4.50. The molecule has 0 fully saturated rings. The topological polar surface area (TPSA) is 51.9 Å². The number of benzene rings is 2. The van der Waals surface area contributed by atoms with Crippen LogP contribution in [0.3, 0.4) is 0 Å². The third kappa shape index (κ3) is 3.44.